The fourth-order valence-electron chi connectivity index (χ4n) is 1.42. The SMILES string of the molecule is CCOc1cc(CCN)cc(O)c1OC. The van der Waals surface area contributed by atoms with Crippen LogP contribution in [-0.4, -0.2) is 25.4 Å². The number of hydrogen-bond acceptors (Lipinski definition) is 4. The fraction of sp³-hybridized carbons (Fsp3) is 0.455. The van der Waals surface area contributed by atoms with Crippen molar-refractivity contribution < 1.29 is 14.6 Å². The maximum atomic E-state index is 9.68. The predicted octanol–water partition coefficient (Wildman–Crippen LogP) is 1.30. The van der Waals surface area contributed by atoms with Crippen molar-refractivity contribution in [3.05, 3.63) is 17.7 Å². The first kappa shape index (κ1) is 11.7. The molecule has 4 nitrogen and oxygen atoms in total. The molecule has 0 amide bonds. The van der Waals surface area contributed by atoms with Crippen molar-refractivity contribution in [1.29, 1.82) is 0 Å². The molecule has 0 aliphatic carbocycles. The predicted molar refractivity (Wildman–Crippen MR) is 58.6 cm³/mol. The molecule has 3 N–H and O–H groups in total. The molecule has 0 bridgehead atoms. The molecule has 4 heteroatoms. The Balaban J connectivity index is 3.07. The number of phenols is 1. The molecular formula is C11H17NO3. The molecule has 15 heavy (non-hydrogen) atoms. The number of methoxy groups -OCH3 is 1. The third-order valence-corrected chi connectivity index (χ3v) is 2.03. The van der Waals surface area contributed by atoms with Crippen molar-refractivity contribution in [2.24, 2.45) is 5.73 Å². The number of hydrogen-bond donors (Lipinski definition) is 2. The quantitative estimate of drug-likeness (QED) is 0.770. The maximum Gasteiger partial charge on any atom is 0.203 e. The van der Waals surface area contributed by atoms with E-state index in [4.69, 9.17) is 15.2 Å². The Labute approximate surface area is 89.6 Å². The summed E-state index contributed by atoms with van der Waals surface area (Å²) in [6.07, 6.45) is 0.706. The summed E-state index contributed by atoms with van der Waals surface area (Å²) in [5, 5.41) is 9.68. The molecule has 0 atom stereocenters. The molecule has 0 fully saturated rings. The van der Waals surface area contributed by atoms with Crippen LogP contribution in [0.2, 0.25) is 0 Å². The molecular weight excluding hydrogens is 194 g/mol. The zero-order valence-corrected chi connectivity index (χ0v) is 9.12. The number of benzene rings is 1. The summed E-state index contributed by atoms with van der Waals surface area (Å²) in [5.41, 5.74) is 6.40. The van der Waals surface area contributed by atoms with Crippen LogP contribution >= 0.6 is 0 Å². The highest BCUT2D eigenvalue weighted by molar-refractivity contribution is 5.53. The normalized spacial score (nSPS) is 10.1. The summed E-state index contributed by atoms with van der Waals surface area (Å²) >= 11 is 0. The van der Waals surface area contributed by atoms with Gasteiger partial charge in [0, 0.05) is 0 Å². The van der Waals surface area contributed by atoms with Crippen molar-refractivity contribution in [1.82, 2.24) is 0 Å². The van der Waals surface area contributed by atoms with Crippen molar-refractivity contribution in [2.75, 3.05) is 20.3 Å². The molecule has 0 heterocycles. The van der Waals surface area contributed by atoms with Crippen molar-refractivity contribution >= 4 is 0 Å². The van der Waals surface area contributed by atoms with E-state index in [1.807, 2.05) is 13.0 Å². The van der Waals surface area contributed by atoms with E-state index in [1.165, 1.54) is 7.11 Å². The lowest BCUT2D eigenvalue weighted by Gasteiger charge is -2.12. The smallest absolute Gasteiger partial charge is 0.203 e. The molecule has 0 saturated heterocycles. The van der Waals surface area contributed by atoms with Crippen molar-refractivity contribution in [2.45, 2.75) is 13.3 Å². The highest BCUT2D eigenvalue weighted by atomic mass is 16.5. The molecule has 1 aromatic rings. The van der Waals surface area contributed by atoms with Crippen LogP contribution in [0.25, 0.3) is 0 Å². The van der Waals surface area contributed by atoms with Gasteiger partial charge in [-0.15, -0.1) is 0 Å². The average molecular weight is 211 g/mol. The second-order valence-corrected chi connectivity index (χ2v) is 3.12. The number of ether oxygens (including phenoxy) is 2. The van der Waals surface area contributed by atoms with E-state index in [0.29, 0.717) is 31.1 Å². The zero-order chi connectivity index (χ0) is 11.3. The Hall–Kier alpha value is -1.42. The van der Waals surface area contributed by atoms with Gasteiger partial charge in [-0.05, 0) is 37.6 Å². The first-order valence-corrected chi connectivity index (χ1v) is 4.95. The summed E-state index contributed by atoms with van der Waals surface area (Å²) in [7, 11) is 1.50. The van der Waals surface area contributed by atoms with Gasteiger partial charge < -0.3 is 20.3 Å². The minimum absolute atomic E-state index is 0.0897. The van der Waals surface area contributed by atoms with E-state index < -0.39 is 0 Å². The van der Waals surface area contributed by atoms with Gasteiger partial charge in [-0.2, -0.15) is 0 Å². The lowest BCUT2D eigenvalue weighted by molar-refractivity contribution is 0.300. The minimum atomic E-state index is 0.0897. The van der Waals surface area contributed by atoms with Crippen LogP contribution in [-0.2, 0) is 6.42 Å². The van der Waals surface area contributed by atoms with E-state index >= 15 is 0 Å². The van der Waals surface area contributed by atoms with E-state index in [-0.39, 0.29) is 5.75 Å². The summed E-state index contributed by atoms with van der Waals surface area (Å²) in [4.78, 5) is 0. The number of aromatic hydroxyl groups is 1. The Bertz CT molecular complexity index is 326. The third kappa shape index (κ3) is 2.76. The first-order chi connectivity index (χ1) is 7.22. The third-order valence-electron chi connectivity index (χ3n) is 2.03. The molecule has 1 rings (SSSR count). The van der Waals surface area contributed by atoms with Crippen LogP contribution in [0.4, 0.5) is 0 Å². The molecule has 0 radical (unpaired) electrons. The number of phenolic OH excluding ortho intramolecular Hbond substituents is 1. The van der Waals surface area contributed by atoms with Crippen LogP contribution in [0.15, 0.2) is 12.1 Å². The first-order valence-electron chi connectivity index (χ1n) is 4.95. The standard InChI is InChI=1S/C11H17NO3/c1-3-15-10-7-8(4-5-12)6-9(13)11(10)14-2/h6-7,13H,3-5,12H2,1-2H3. The van der Waals surface area contributed by atoms with Gasteiger partial charge in [-0.3, -0.25) is 0 Å². The van der Waals surface area contributed by atoms with E-state index in [0.717, 1.165) is 5.56 Å². The van der Waals surface area contributed by atoms with Gasteiger partial charge in [0.25, 0.3) is 0 Å². The van der Waals surface area contributed by atoms with Crippen LogP contribution in [0.3, 0.4) is 0 Å². The second kappa shape index (κ2) is 5.46. The van der Waals surface area contributed by atoms with Crippen LogP contribution in [0.5, 0.6) is 17.2 Å². The van der Waals surface area contributed by atoms with E-state index in [9.17, 15) is 5.11 Å². The fourth-order valence-corrected chi connectivity index (χ4v) is 1.42. The van der Waals surface area contributed by atoms with Gasteiger partial charge in [-0.25, -0.2) is 0 Å². The highest BCUT2D eigenvalue weighted by Crippen LogP contribution is 2.37. The van der Waals surface area contributed by atoms with Crippen LogP contribution in [0, 0.1) is 0 Å². The van der Waals surface area contributed by atoms with Crippen LogP contribution < -0.4 is 15.2 Å². The Morgan fingerprint density at radius 2 is 2.13 bits per heavy atom. The number of nitrogens with two attached hydrogens (primary N) is 1. The lowest BCUT2D eigenvalue weighted by Crippen LogP contribution is -2.04. The van der Waals surface area contributed by atoms with Gasteiger partial charge in [0.15, 0.2) is 11.5 Å². The largest absolute Gasteiger partial charge is 0.504 e. The van der Waals surface area contributed by atoms with E-state index in [1.54, 1.807) is 6.07 Å². The van der Waals surface area contributed by atoms with Gasteiger partial charge in [0.1, 0.15) is 0 Å². The minimum Gasteiger partial charge on any atom is -0.504 e. The topological polar surface area (TPSA) is 64.7 Å². The molecule has 0 aromatic heterocycles. The van der Waals surface area contributed by atoms with Crippen molar-refractivity contribution in [3.8, 4) is 17.2 Å². The Morgan fingerprint density at radius 1 is 1.40 bits per heavy atom. The van der Waals surface area contributed by atoms with E-state index in [2.05, 4.69) is 0 Å². The molecule has 0 aliphatic rings. The summed E-state index contributed by atoms with van der Waals surface area (Å²) < 4.78 is 10.4. The number of rotatable bonds is 5. The summed E-state index contributed by atoms with van der Waals surface area (Å²) in [6, 6.07) is 3.49. The molecule has 0 aliphatic heterocycles. The van der Waals surface area contributed by atoms with Gasteiger partial charge in [-0.1, -0.05) is 0 Å². The van der Waals surface area contributed by atoms with Gasteiger partial charge >= 0.3 is 0 Å². The molecule has 1 aromatic carbocycles. The van der Waals surface area contributed by atoms with Gasteiger partial charge in [0.05, 0.1) is 13.7 Å². The molecule has 0 saturated carbocycles. The molecule has 0 unspecified atom stereocenters. The second-order valence-electron chi connectivity index (χ2n) is 3.12. The molecule has 0 spiro atoms. The maximum absolute atomic E-state index is 9.68. The van der Waals surface area contributed by atoms with Crippen LogP contribution in [0.1, 0.15) is 12.5 Å². The Kier molecular flexibility index (Phi) is 4.24. The van der Waals surface area contributed by atoms with Gasteiger partial charge in [0.2, 0.25) is 5.75 Å². The average Bonchev–Trinajstić information content (AvgIpc) is 2.18. The molecule has 84 valence electrons. The Morgan fingerprint density at radius 3 is 2.67 bits per heavy atom. The highest BCUT2D eigenvalue weighted by Gasteiger charge is 2.11. The zero-order valence-electron chi connectivity index (χ0n) is 9.12. The summed E-state index contributed by atoms with van der Waals surface area (Å²) in [6.45, 7) is 2.95. The lowest BCUT2D eigenvalue weighted by atomic mass is 10.1. The monoisotopic (exact) mass is 211 g/mol. The summed E-state index contributed by atoms with van der Waals surface area (Å²) in [5.74, 6) is 1.02. The van der Waals surface area contributed by atoms with Crippen molar-refractivity contribution in [3.63, 3.8) is 0 Å².